The molecule has 0 aliphatic carbocycles. The molecule has 0 aliphatic rings. The summed E-state index contributed by atoms with van der Waals surface area (Å²) in [5, 5.41) is 0. The Balaban J connectivity index is 1.56. The van der Waals surface area contributed by atoms with E-state index in [1.54, 1.807) is 12.4 Å². The first-order valence-electron chi connectivity index (χ1n) is 14.2. The monoisotopic (exact) mass is 496 g/mol. The molecule has 2 aromatic rings. The fraction of sp³-hybridized carbons (Fsp3) is 0.613. The minimum Gasteiger partial charge on any atom is -0.494 e. The molecule has 36 heavy (non-hydrogen) atoms. The standard InChI is InChI=1S/C31H48N2O3/c1-3-5-7-8-9-10-11-12-13-15-24-36-30-26-32-31(33-27-30)28-18-20-29(21-19-28)35-25-17-16-23-34-22-14-6-4-2/h13,15,18-21,26-27H,3-12,14,16-17,22-25H2,1-2H3/b15-13+. The van der Waals surface area contributed by atoms with Crippen molar-refractivity contribution < 1.29 is 14.2 Å². The first-order valence-corrected chi connectivity index (χ1v) is 14.2. The molecule has 0 aliphatic heterocycles. The topological polar surface area (TPSA) is 53.5 Å². The highest BCUT2D eigenvalue weighted by Gasteiger charge is 2.03. The maximum Gasteiger partial charge on any atom is 0.159 e. The number of aromatic nitrogens is 2. The van der Waals surface area contributed by atoms with Gasteiger partial charge in [0.05, 0.1) is 19.0 Å². The second-order valence-electron chi connectivity index (χ2n) is 9.33. The SMILES string of the molecule is CCCCCCCCC/C=C/COc1cnc(-c2ccc(OCCCCOCCCCC)cc2)nc1. The Morgan fingerprint density at radius 3 is 1.94 bits per heavy atom. The van der Waals surface area contributed by atoms with Crippen LogP contribution in [0, 0.1) is 0 Å². The van der Waals surface area contributed by atoms with Crippen molar-refractivity contribution in [3.63, 3.8) is 0 Å². The van der Waals surface area contributed by atoms with Crippen LogP contribution in [0.3, 0.4) is 0 Å². The zero-order chi connectivity index (χ0) is 25.5. The van der Waals surface area contributed by atoms with E-state index in [0.29, 0.717) is 24.8 Å². The number of benzene rings is 1. The van der Waals surface area contributed by atoms with Crippen LogP contribution in [0.4, 0.5) is 0 Å². The molecule has 200 valence electrons. The van der Waals surface area contributed by atoms with E-state index in [-0.39, 0.29) is 0 Å². The molecule has 1 aromatic heterocycles. The molecule has 0 unspecified atom stereocenters. The van der Waals surface area contributed by atoms with Crippen LogP contribution in [0.2, 0.25) is 0 Å². The molecule has 0 saturated carbocycles. The Labute approximate surface area is 219 Å². The van der Waals surface area contributed by atoms with Gasteiger partial charge >= 0.3 is 0 Å². The summed E-state index contributed by atoms with van der Waals surface area (Å²) >= 11 is 0. The number of ether oxygens (including phenoxy) is 3. The first kappa shape index (κ1) is 29.8. The van der Waals surface area contributed by atoms with Gasteiger partial charge in [-0.2, -0.15) is 0 Å². The highest BCUT2D eigenvalue weighted by atomic mass is 16.5. The summed E-state index contributed by atoms with van der Waals surface area (Å²) in [6.07, 6.45) is 24.0. The summed E-state index contributed by atoms with van der Waals surface area (Å²) < 4.78 is 17.2. The second-order valence-corrected chi connectivity index (χ2v) is 9.33. The summed E-state index contributed by atoms with van der Waals surface area (Å²) in [5.74, 6) is 2.24. The third-order valence-electron chi connectivity index (χ3n) is 6.07. The highest BCUT2D eigenvalue weighted by molar-refractivity contribution is 5.56. The zero-order valence-corrected chi connectivity index (χ0v) is 22.8. The van der Waals surface area contributed by atoms with Crippen LogP contribution in [-0.4, -0.2) is 36.4 Å². The Kier molecular flexibility index (Phi) is 17.2. The van der Waals surface area contributed by atoms with Crippen LogP contribution in [0.1, 0.15) is 97.3 Å². The van der Waals surface area contributed by atoms with Crippen LogP contribution in [0.25, 0.3) is 11.4 Å². The van der Waals surface area contributed by atoms with Gasteiger partial charge in [-0.1, -0.05) is 77.4 Å². The molecule has 0 atom stereocenters. The zero-order valence-electron chi connectivity index (χ0n) is 22.8. The lowest BCUT2D eigenvalue weighted by Crippen LogP contribution is -2.02. The van der Waals surface area contributed by atoms with Gasteiger partial charge in [0.2, 0.25) is 0 Å². The molecule has 0 fully saturated rings. The number of hydrogen-bond donors (Lipinski definition) is 0. The predicted molar refractivity (Wildman–Crippen MR) is 150 cm³/mol. The summed E-state index contributed by atoms with van der Waals surface area (Å²) in [4.78, 5) is 8.91. The molecule has 0 amide bonds. The third kappa shape index (κ3) is 14.2. The van der Waals surface area contributed by atoms with E-state index in [1.807, 2.05) is 24.3 Å². The lowest BCUT2D eigenvalue weighted by Gasteiger charge is -2.08. The van der Waals surface area contributed by atoms with Crippen LogP contribution >= 0.6 is 0 Å². The Hall–Kier alpha value is -2.40. The van der Waals surface area contributed by atoms with Gasteiger partial charge in [0.25, 0.3) is 0 Å². The van der Waals surface area contributed by atoms with E-state index < -0.39 is 0 Å². The molecule has 0 radical (unpaired) electrons. The predicted octanol–water partition coefficient (Wildman–Crippen LogP) is 8.59. The minimum atomic E-state index is 0.552. The van der Waals surface area contributed by atoms with Crippen LogP contribution in [0.15, 0.2) is 48.8 Å². The summed E-state index contributed by atoms with van der Waals surface area (Å²) in [5.41, 5.74) is 0.962. The largest absolute Gasteiger partial charge is 0.494 e. The molecule has 1 aromatic carbocycles. The van der Waals surface area contributed by atoms with Gasteiger partial charge in [0, 0.05) is 18.8 Å². The number of nitrogens with zero attached hydrogens (tertiary/aromatic N) is 2. The second kappa shape index (κ2) is 20.8. The molecule has 5 nitrogen and oxygen atoms in total. The van der Waals surface area contributed by atoms with Crippen molar-refractivity contribution in [1.29, 1.82) is 0 Å². The van der Waals surface area contributed by atoms with Gasteiger partial charge < -0.3 is 14.2 Å². The van der Waals surface area contributed by atoms with Gasteiger partial charge in [-0.05, 0) is 56.4 Å². The lowest BCUT2D eigenvalue weighted by atomic mass is 10.1. The van der Waals surface area contributed by atoms with Crippen molar-refractivity contribution in [1.82, 2.24) is 9.97 Å². The molecule has 0 N–H and O–H groups in total. The van der Waals surface area contributed by atoms with Crippen LogP contribution in [0.5, 0.6) is 11.5 Å². The summed E-state index contributed by atoms with van der Waals surface area (Å²) in [7, 11) is 0. The van der Waals surface area contributed by atoms with E-state index in [4.69, 9.17) is 14.2 Å². The number of allylic oxidation sites excluding steroid dienone is 1. The van der Waals surface area contributed by atoms with Crippen LogP contribution in [-0.2, 0) is 4.74 Å². The molecule has 0 bridgehead atoms. The molecular formula is C31H48N2O3. The summed E-state index contributed by atoms with van der Waals surface area (Å²) in [6, 6.07) is 7.93. The van der Waals surface area contributed by atoms with E-state index in [9.17, 15) is 0 Å². The lowest BCUT2D eigenvalue weighted by molar-refractivity contribution is 0.123. The average Bonchev–Trinajstić information content (AvgIpc) is 2.91. The van der Waals surface area contributed by atoms with E-state index in [2.05, 4.69) is 36.0 Å². The van der Waals surface area contributed by atoms with Crippen molar-refractivity contribution >= 4 is 0 Å². The highest BCUT2D eigenvalue weighted by Crippen LogP contribution is 2.20. The Bertz CT molecular complexity index is 790. The molecule has 2 rings (SSSR count). The maximum atomic E-state index is 5.84. The molecule has 5 heteroatoms. The molecule has 0 saturated heterocycles. The van der Waals surface area contributed by atoms with Gasteiger partial charge in [-0.15, -0.1) is 0 Å². The minimum absolute atomic E-state index is 0.552. The average molecular weight is 497 g/mol. The van der Waals surface area contributed by atoms with Crippen molar-refractivity contribution in [3.8, 4) is 22.9 Å². The number of unbranched alkanes of at least 4 members (excludes halogenated alkanes) is 10. The summed E-state index contributed by atoms with van der Waals surface area (Å²) in [6.45, 7) is 7.42. The van der Waals surface area contributed by atoms with Crippen molar-refractivity contribution in [3.05, 3.63) is 48.8 Å². The quantitative estimate of drug-likeness (QED) is 0.121. The van der Waals surface area contributed by atoms with Crippen molar-refractivity contribution in [2.45, 2.75) is 97.3 Å². The first-order chi connectivity index (χ1) is 17.8. The van der Waals surface area contributed by atoms with Crippen molar-refractivity contribution in [2.75, 3.05) is 26.4 Å². The Morgan fingerprint density at radius 2 is 1.22 bits per heavy atom. The number of hydrogen-bond acceptors (Lipinski definition) is 5. The smallest absolute Gasteiger partial charge is 0.159 e. The molecule has 0 spiro atoms. The molecule has 1 heterocycles. The van der Waals surface area contributed by atoms with Crippen LogP contribution < -0.4 is 9.47 Å². The van der Waals surface area contributed by atoms with Gasteiger partial charge in [-0.25, -0.2) is 9.97 Å². The molecular weight excluding hydrogens is 448 g/mol. The van der Waals surface area contributed by atoms with Gasteiger partial charge in [-0.3, -0.25) is 0 Å². The van der Waals surface area contributed by atoms with Gasteiger partial charge in [0.15, 0.2) is 11.6 Å². The normalized spacial score (nSPS) is 11.3. The fourth-order valence-corrected chi connectivity index (χ4v) is 3.84. The number of rotatable bonds is 22. The Morgan fingerprint density at radius 1 is 0.611 bits per heavy atom. The fourth-order valence-electron chi connectivity index (χ4n) is 3.84. The van der Waals surface area contributed by atoms with E-state index in [0.717, 1.165) is 50.2 Å². The maximum absolute atomic E-state index is 5.84. The van der Waals surface area contributed by atoms with E-state index >= 15 is 0 Å². The van der Waals surface area contributed by atoms with Gasteiger partial charge in [0.1, 0.15) is 12.4 Å². The third-order valence-corrected chi connectivity index (χ3v) is 6.07. The van der Waals surface area contributed by atoms with E-state index in [1.165, 1.54) is 57.8 Å². The van der Waals surface area contributed by atoms with Crippen molar-refractivity contribution in [2.24, 2.45) is 0 Å².